The zero-order valence-electron chi connectivity index (χ0n) is 14.2. The van der Waals surface area contributed by atoms with Crippen LogP contribution in [0.2, 0.25) is 0 Å². The molecule has 3 rings (SSSR count). The van der Waals surface area contributed by atoms with E-state index in [4.69, 9.17) is 10.00 Å². The molecule has 0 aliphatic rings. The molecule has 0 radical (unpaired) electrons. The van der Waals surface area contributed by atoms with Crippen molar-refractivity contribution in [3.05, 3.63) is 95.6 Å². The highest BCUT2D eigenvalue weighted by Gasteiger charge is 2.09. The summed E-state index contributed by atoms with van der Waals surface area (Å²) >= 11 is 0. The van der Waals surface area contributed by atoms with Crippen molar-refractivity contribution in [1.29, 1.82) is 5.26 Å². The van der Waals surface area contributed by atoms with Crippen molar-refractivity contribution in [2.45, 2.75) is 6.42 Å². The molecule has 0 heterocycles. The predicted molar refractivity (Wildman–Crippen MR) is 101 cm³/mol. The third kappa shape index (κ3) is 4.49. The minimum Gasteiger partial charge on any atom is -0.493 e. The smallest absolute Gasteiger partial charge is 0.255 e. The summed E-state index contributed by atoms with van der Waals surface area (Å²) in [5.41, 5.74) is 2.66. The third-order valence-electron chi connectivity index (χ3n) is 3.91. The molecule has 3 aromatic rings. The Hall–Kier alpha value is -3.58. The van der Waals surface area contributed by atoms with Gasteiger partial charge in [-0.05, 0) is 42.0 Å². The second-order valence-electron chi connectivity index (χ2n) is 5.72. The quantitative estimate of drug-likeness (QED) is 0.721. The zero-order valence-corrected chi connectivity index (χ0v) is 14.2. The molecule has 0 bridgehead atoms. The van der Waals surface area contributed by atoms with Crippen molar-refractivity contribution in [3.8, 4) is 11.8 Å². The van der Waals surface area contributed by atoms with Gasteiger partial charge in [-0.15, -0.1) is 0 Å². The van der Waals surface area contributed by atoms with Crippen LogP contribution in [-0.2, 0) is 6.42 Å². The van der Waals surface area contributed by atoms with E-state index in [1.54, 1.807) is 48.5 Å². The lowest BCUT2D eigenvalue weighted by atomic mass is 10.1. The number of nitriles is 1. The van der Waals surface area contributed by atoms with Gasteiger partial charge in [-0.3, -0.25) is 4.79 Å². The van der Waals surface area contributed by atoms with E-state index < -0.39 is 0 Å². The Labute approximate surface area is 152 Å². The minimum absolute atomic E-state index is 0.261. The second kappa shape index (κ2) is 8.50. The van der Waals surface area contributed by atoms with Gasteiger partial charge in [0.1, 0.15) is 11.8 Å². The largest absolute Gasteiger partial charge is 0.493 e. The van der Waals surface area contributed by atoms with E-state index in [-0.39, 0.29) is 5.91 Å². The molecule has 1 amide bonds. The number of carbonyl (C=O) groups excluding carboxylic acids is 1. The SMILES string of the molecule is N#Cc1ccccc1NC(=O)c1ccc(OCCc2ccccc2)cc1. The van der Waals surface area contributed by atoms with E-state index in [9.17, 15) is 4.79 Å². The molecule has 0 saturated carbocycles. The summed E-state index contributed by atoms with van der Waals surface area (Å²) in [5, 5.41) is 11.8. The second-order valence-corrected chi connectivity index (χ2v) is 5.72. The van der Waals surface area contributed by atoms with Gasteiger partial charge in [0.25, 0.3) is 5.91 Å². The summed E-state index contributed by atoms with van der Waals surface area (Å²) in [5.74, 6) is 0.457. The molecule has 3 aromatic carbocycles. The Morgan fingerprint density at radius 3 is 2.35 bits per heavy atom. The van der Waals surface area contributed by atoms with Crippen molar-refractivity contribution >= 4 is 11.6 Å². The average Bonchev–Trinajstić information content (AvgIpc) is 2.70. The standard InChI is InChI=1S/C22H18N2O2/c23-16-19-8-4-5-9-21(19)24-22(25)18-10-12-20(13-11-18)26-15-14-17-6-2-1-3-7-17/h1-13H,14-15H2,(H,24,25). The molecule has 26 heavy (non-hydrogen) atoms. The Balaban J connectivity index is 1.57. The highest BCUT2D eigenvalue weighted by molar-refractivity contribution is 6.04. The molecule has 0 spiro atoms. The van der Waals surface area contributed by atoms with Crippen molar-refractivity contribution in [3.63, 3.8) is 0 Å². The molecule has 0 unspecified atom stereocenters. The van der Waals surface area contributed by atoms with Gasteiger partial charge in [0.15, 0.2) is 0 Å². The number of ether oxygens (including phenoxy) is 1. The van der Waals surface area contributed by atoms with Crippen molar-refractivity contribution in [2.75, 3.05) is 11.9 Å². The number of para-hydroxylation sites is 1. The maximum Gasteiger partial charge on any atom is 0.255 e. The van der Waals surface area contributed by atoms with Gasteiger partial charge in [0, 0.05) is 12.0 Å². The Kier molecular flexibility index (Phi) is 5.64. The number of nitrogens with zero attached hydrogens (tertiary/aromatic N) is 1. The first-order chi connectivity index (χ1) is 12.8. The minimum atomic E-state index is -0.261. The average molecular weight is 342 g/mol. The zero-order chi connectivity index (χ0) is 18.2. The van der Waals surface area contributed by atoms with Gasteiger partial charge in [-0.25, -0.2) is 0 Å². The number of hydrogen-bond acceptors (Lipinski definition) is 3. The highest BCUT2D eigenvalue weighted by atomic mass is 16.5. The van der Waals surface area contributed by atoms with Crippen molar-refractivity contribution in [2.24, 2.45) is 0 Å². The maximum atomic E-state index is 12.3. The van der Waals surface area contributed by atoms with Gasteiger partial charge in [-0.2, -0.15) is 5.26 Å². The molecule has 0 atom stereocenters. The number of rotatable bonds is 6. The fourth-order valence-corrected chi connectivity index (χ4v) is 2.52. The molecule has 0 aliphatic carbocycles. The van der Waals surface area contributed by atoms with E-state index in [0.29, 0.717) is 23.4 Å². The third-order valence-corrected chi connectivity index (χ3v) is 3.91. The lowest BCUT2D eigenvalue weighted by Gasteiger charge is -2.09. The molecule has 0 fully saturated rings. The van der Waals surface area contributed by atoms with Gasteiger partial charge in [0.05, 0.1) is 17.9 Å². The van der Waals surface area contributed by atoms with E-state index in [1.807, 2.05) is 18.2 Å². The molecule has 4 heteroatoms. The van der Waals surface area contributed by atoms with E-state index in [2.05, 4.69) is 23.5 Å². The van der Waals surface area contributed by atoms with E-state index in [1.165, 1.54) is 5.56 Å². The molecule has 0 aromatic heterocycles. The van der Waals surface area contributed by atoms with Crippen molar-refractivity contribution < 1.29 is 9.53 Å². The molecule has 128 valence electrons. The first-order valence-electron chi connectivity index (χ1n) is 8.33. The molecule has 4 nitrogen and oxygen atoms in total. The van der Waals surface area contributed by atoms with Crippen LogP contribution in [-0.4, -0.2) is 12.5 Å². The number of hydrogen-bond donors (Lipinski definition) is 1. The number of nitrogens with one attached hydrogen (secondary N) is 1. The lowest BCUT2D eigenvalue weighted by molar-refractivity contribution is 0.102. The van der Waals surface area contributed by atoms with E-state index in [0.717, 1.165) is 12.2 Å². The molecule has 1 N–H and O–H groups in total. The van der Waals surface area contributed by atoms with Gasteiger partial charge >= 0.3 is 0 Å². The Morgan fingerprint density at radius 2 is 1.62 bits per heavy atom. The van der Waals surface area contributed by atoms with Crippen LogP contribution in [0.15, 0.2) is 78.9 Å². The van der Waals surface area contributed by atoms with Crippen LogP contribution < -0.4 is 10.1 Å². The van der Waals surface area contributed by atoms with Crippen LogP contribution in [0.3, 0.4) is 0 Å². The lowest BCUT2D eigenvalue weighted by Crippen LogP contribution is -2.12. The summed E-state index contributed by atoms with van der Waals surface area (Å²) in [6.45, 7) is 0.575. The first kappa shape index (κ1) is 17.2. The number of benzene rings is 3. The number of amides is 1. The first-order valence-corrected chi connectivity index (χ1v) is 8.33. The highest BCUT2D eigenvalue weighted by Crippen LogP contribution is 2.17. The number of carbonyl (C=O) groups is 1. The molecule has 0 saturated heterocycles. The van der Waals surface area contributed by atoms with Crippen LogP contribution in [0.4, 0.5) is 5.69 Å². The van der Waals surface area contributed by atoms with Gasteiger partial charge < -0.3 is 10.1 Å². The molecule has 0 aliphatic heterocycles. The van der Waals surface area contributed by atoms with Crippen molar-refractivity contribution in [1.82, 2.24) is 0 Å². The fourth-order valence-electron chi connectivity index (χ4n) is 2.52. The van der Waals surface area contributed by atoms with Gasteiger partial charge in [0.2, 0.25) is 0 Å². The van der Waals surface area contributed by atoms with Gasteiger partial charge in [-0.1, -0.05) is 42.5 Å². The summed E-state index contributed by atoms with van der Waals surface area (Å²) < 4.78 is 5.72. The maximum absolute atomic E-state index is 12.3. The van der Waals surface area contributed by atoms with Crippen LogP contribution in [0.1, 0.15) is 21.5 Å². The van der Waals surface area contributed by atoms with E-state index >= 15 is 0 Å². The number of anilines is 1. The molecular weight excluding hydrogens is 324 g/mol. The Bertz CT molecular complexity index is 913. The van der Waals surface area contributed by atoms with Crippen LogP contribution in [0.5, 0.6) is 5.75 Å². The predicted octanol–water partition coefficient (Wildman–Crippen LogP) is 4.43. The summed E-state index contributed by atoms with van der Waals surface area (Å²) in [4.78, 5) is 12.3. The topological polar surface area (TPSA) is 62.1 Å². The normalized spacial score (nSPS) is 9.96. The monoisotopic (exact) mass is 342 g/mol. The summed E-state index contributed by atoms with van der Waals surface area (Å²) in [6, 6.07) is 26.1. The summed E-state index contributed by atoms with van der Waals surface area (Å²) in [6.07, 6.45) is 0.827. The fraction of sp³-hybridized carbons (Fsp3) is 0.0909. The van der Waals surface area contributed by atoms with Crippen LogP contribution in [0, 0.1) is 11.3 Å². The van der Waals surface area contributed by atoms with Crippen LogP contribution >= 0.6 is 0 Å². The summed E-state index contributed by atoms with van der Waals surface area (Å²) in [7, 11) is 0. The Morgan fingerprint density at radius 1 is 0.923 bits per heavy atom. The molecular formula is C22H18N2O2. The van der Waals surface area contributed by atoms with Crippen LogP contribution in [0.25, 0.3) is 0 Å².